The van der Waals surface area contributed by atoms with E-state index in [4.69, 9.17) is 21.1 Å². The number of hydrogen-bond donors (Lipinski definition) is 2. The molecular weight excluding hydrogens is 583 g/mol. The third kappa shape index (κ3) is 5.45. The van der Waals surface area contributed by atoms with Gasteiger partial charge in [-0.15, -0.1) is 0 Å². The average Bonchev–Trinajstić information content (AvgIpc) is 3.50. The van der Waals surface area contributed by atoms with Gasteiger partial charge in [-0.3, -0.25) is 5.10 Å². The number of aryl methyl sites for hydroxylation is 2. The number of alkyl halides is 2. The van der Waals surface area contributed by atoms with Crippen molar-refractivity contribution >= 4 is 39.2 Å². The molecule has 2 aromatic heterocycles. The summed E-state index contributed by atoms with van der Waals surface area (Å²) in [7, 11) is 0. The van der Waals surface area contributed by atoms with Crippen LogP contribution in [0.15, 0.2) is 48.5 Å². The van der Waals surface area contributed by atoms with Crippen molar-refractivity contribution in [1.82, 2.24) is 14.8 Å². The first-order valence-electron chi connectivity index (χ1n) is 14.1. The average molecular weight is 612 g/mol. The monoisotopic (exact) mass is 611 g/mol. The fourth-order valence-corrected chi connectivity index (χ4v) is 6.20. The number of benzene rings is 3. The van der Waals surface area contributed by atoms with Crippen LogP contribution in [-0.4, -0.2) is 45.0 Å². The molecule has 0 atom stereocenters. The predicted molar refractivity (Wildman–Crippen MR) is 158 cm³/mol. The fourth-order valence-electron chi connectivity index (χ4n) is 5.95. The first-order chi connectivity index (χ1) is 20.7. The maximum Gasteiger partial charge on any atom is 0.352 e. The number of carboxylic acids is 1. The summed E-state index contributed by atoms with van der Waals surface area (Å²) in [5.74, 6) is -4.33. The number of aromatic nitrogens is 3. The van der Waals surface area contributed by atoms with Crippen LogP contribution in [0.5, 0.6) is 5.75 Å². The predicted octanol–water partition coefficient (Wildman–Crippen LogP) is 7.80. The lowest BCUT2D eigenvalue weighted by molar-refractivity contribution is -0.0482. The molecule has 3 aromatic carbocycles. The first-order valence-corrected chi connectivity index (χ1v) is 14.5. The molecule has 1 aliphatic rings. The number of H-pyrrole nitrogens is 1. The zero-order chi connectivity index (χ0) is 30.3. The molecule has 7 nitrogen and oxygen atoms in total. The maximum atomic E-state index is 15.3. The van der Waals surface area contributed by atoms with Crippen LogP contribution in [0.2, 0.25) is 5.02 Å². The minimum absolute atomic E-state index is 0.0304. The van der Waals surface area contributed by atoms with Crippen LogP contribution in [0.1, 0.15) is 47.2 Å². The number of ether oxygens (including phenoxy) is 2. The number of fused-ring (bicyclic) bond motifs is 3. The van der Waals surface area contributed by atoms with Crippen LogP contribution in [0, 0.1) is 5.82 Å². The van der Waals surface area contributed by atoms with Crippen molar-refractivity contribution in [2.45, 2.75) is 51.7 Å². The van der Waals surface area contributed by atoms with Gasteiger partial charge in [-0.25, -0.2) is 18.0 Å². The van der Waals surface area contributed by atoms with Crippen molar-refractivity contribution in [1.29, 1.82) is 0 Å². The van der Waals surface area contributed by atoms with Crippen molar-refractivity contribution in [2.24, 2.45) is 0 Å². The molecule has 11 heteroatoms. The van der Waals surface area contributed by atoms with E-state index in [-0.39, 0.29) is 37.8 Å². The lowest BCUT2D eigenvalue weighted by atomic mass is 9.97. The second-order valence-corrected chi connectivity index (χ2v) is 11.1. The minimum Gasteiger partial charge on any atom is -0.493 e. The van der Waals surface area contributed by atoms with Gasteiger partial charge in [-0.05, 0) is 60.5 Å². The summed E-state index contributed by atoms with van der Waals surface area (Å²) < 4.78 is 57.1. The van der Waals surface area contributed by atoms with Gasteiger partial charge < -0.3 is 19.1 Å². The fraction of sp³-hybridized carbons (Fsp3) is 0.312. The number of carbonyl (C=O) groups is 1. The van der Waals surface area contributed by atoms with Crippen molar-refractivity contribution in [3.05, 3.63) is 82.0 Å². The molecule has 224 valence electrons. The normalized spacial score (nSPS) is 14.9. The number of nitrogens with one attached hydrogen (secondary N) is 1. The molecule has 3 heterocycles. The van der Waals surface area contributed by atoms with E-state index < -0.39 is 24.9 Å². The number of carboxylic acid groups (broad SMARTS) is 1. The highest BCUT2D eigenvalue weighted by atomic mass is 35.5. The van der Waals surface area contributed by atoms with Gasteiger partial charge in [0.1, 0.15) is 17.3 Å². The molecule has 0 fully saturated rings. The van der Waals surface area contributed by atoms with E-state index in [1.807, 2.05) is 6.92 Å². The van der Waals surface area contributed by atoms with E-state index in [0.29, 0.717) is 68.0 Å². The number of halogens is 4. The molecule has 0 unspecified atom stereocenters. The second kappa shape index (κ2) is 11.6. The second-order valence-electron chi connectivity index (χ2n) is 10.6. The Morgan fingerprint density at radius 1 is 1.19 bits per heavy atom. The molecule has 0 saturated heterocycles. The van der Waals surface area contributed by atoms with Crippen LogP contribution in [0.4, 0.5) is 13.2 Å². The molecule has 0 amide bonds. The Morgan fingerprint density at radius 3 is 2.79 bits per heavy atom. The third-order valence-corrected chi connectivity index (χ3v) is 8.18. The third-order valence-electron chi connectivity index (χ3n) is 7.86. The van der Waals surface area contributed by atoms with Gasteiger partial charge in [0.25, 0.3) is 5.92 Å². The molecule has 0 aliphatic carbocycles. The Bertz CT molecular complexity index is 1850. The summed E-state index contributed by atoms with van der Waals surface area (Å²) in [5, 5.41) is 20.1. The van der Waals surface area contributed by atoms with Gasteiger partial charge in [0.05, 0.1) is 48.3 Å². The highest BCUT2D eigenvalue weighted by molar-refractivity contribution is 6.35. The molecule has 0 saturated carbocycles. The molecule has 6 rings (SSSR count). The smallest absolute Gasteiger partial charge is 0.352 e. The van der Waals surface area contributed by atoms with Crippen LogP contribution >= 0.6 is 11.6 Å². The summed E-state index contributed by atoms with van der Waals surface area (Å²) in [6.45, 7) is 1.11. The van der Waals surface area contributed by atoms with Crippen LogP contribution < -0.4 is 4.74 Å². The number of aromatic amines is 1. The van der Waals surface area contributed by atoms with Crippen LogP contribution in [-0.2, 0) is 30.7 Å². The lowest BCUT2D eigenvalue weighted by Crippen LogP contribution is -2.27. The van der Waals surface area contributed by atoms with Gasteiger partial charge in [-0.1, -0.05) is 36.7 Å². The number of rotatable bonds is 7. The van der Waals surface area contributed by atoms with Gasteiger partial charge in [0.15, 0.2) is 0 Å². The first kappa shape index (κ1) is 29.1. The highest BCUT2D eigenvalue weighted by Gasteiger charge is 2.36. The zero-order valence-corrected chi connectivity index (χ0v) is 24.1. The highest BCUT2D eigenvalue weighted by Crippen LogP contribution is 2.43. The summed E-state index contributed by atoms with van der Waals surface area (Å²) in [5.41, 5.74) is 2.91. The van der Waals surface area contributed by atoms with Crippen molar-refractivity contribution < 1.29 is 32.5 Å². The Hall–Kier alpha value is -4.02. The molecule has 1 aliphatic heterocycles. The minimum atomic E-state index is -3.24. The van der Waals surface area contributed by atoms with Gasteiger partial charge >= 0.3 is 5.97 Å². The molecule has 0 spiro atoms. The van der Waals surface area contributed by atoms with E-state index in [1.165, 1.54) is 16.7 Å². The number of hydrogen-bond acceptors (Lipinski definition) is 4. The molecule has 2 N–H and O–H groups in total. The Balaban J connectivity index is 1.44. The van der Waals surface area contributed by atoms with Crippen LogP contribution in [0.25, 0.3) is 32.8 Å². The van der Waals surface area contributed by atoms with E-state index in [9.17, 15) is 14.3 Å². The number of nitrogens with zero attached hydrogens (tertiary/aromatic N) is 2. The Kier molecular flexibility index (Phi) is 7.83. The summed E-state index contributed by atoms with van der Waals surface area (Å²) in [6.07, 6.45) is 0.603. The van der Waals surface area contributed by atoms with Gasteiger partial charge in [0, 0.05) is 28.3 Å². The lowest BCUT2D eigenvalue weighted by Gasteiger charge is -2.19. The van der Waals surface area contributed by atoms with E-state index in [0.717, 1.165) is 5.39 Å². The van der Waals surface area contributed by atoms with Crippen molar-refractivity contribution in [3.63, 3.8) is 0 Å². The van der Waals surface area contributed by atoms with Gasteiger partial charge in [0.2, 0.25) is 0 Å². The van der Waals surface area contributed by atoms with Crippen molar-refractivity contribution in [2.75, 3.05) is 13.2 Å². The van der Waals surface area contributed by atoms with Crippen molar-refractivity contribution in [3.8, 4) is 16.9 Å². The number of aromatic carboxylic acids is 1. The SMILES string of the molecule is CCc1n[nH]c2c1-c1c(Cl)ccc3c(CCCOc4cccc5cc(F)ccc45)c(C(=O)O)n(c13)CC(F)(F)CCOC2. The largest absolute Gasteiger partial charge is 0.493 e. The van der Waals surface area contributed by atoms with E-state index in [2.05, 4.69) is 10.2 Å². The topological polar surface area (TPSA) is 89.4 Å². The van der Waals surface area contributed by atoms with Crippen LogP contribution in [0.3, 0.4) is 0 Å². The Labute approximate surface area is 250 Å². The summed E-state index contributed by atoms with van der Waals surface area (Å²) >= 11 is 6.77. The zero-order valence-electron chi connectivity index (χ0n) is 23.4. The van der Waals surface area contributed by atoms with E-state index >= 15 is 8.78 Å². The van der Waals surface area contributed by atoms with E-state index in [1.54, 1.807) is 36.4 Å². The quantitative estimate of drug-likeness (QED) is 0.183. The maximum absolute atomic E-state index is 15.3. The summed E-state index contributed by atoms with van der Waals surface area (Å²) in [6, 6.07) is 13.1. The molecule has 0 radical (unpaired) electrons. The van der Waals surface area contributed by atoms with Gasteiger partial charge in [-0.2, -0.15) is 5.10 Å². The molecule has 0 bridgehead atoms. The summed E-state index contributed by atoms with van der Waals surface area (Å²) in [4.78, 5) is 12.8. The molecular formula is C32H29ClF3N3O4. The Morgan fingerprint density at radius 2 is 2.00 bits per heavy atom. The molecule has 5 aromatic rings. The molecule has 43 heavy (non-hydrogen) atoms. The standard InChI is InChI=1S/C32H29ClF3N3O4/c1-2-24-28-25(38-37-24)16-42-14-12-32(35,36)17-39-29-22(10-11-23(33)27(28)29)21(30(39)31(40)41)6-4-13-43-26-7-3-5-18-15-19(34)8-9-20(18)26/h3,5,7-11,15H,2,4,6,12-14,16-17H2,1H3,(H,37,38)(H,40,41).